The number of thiocarbonyl (C=S) groups is 1. The van der Waals surface area contributed by atoms with E-state index >= 15 is 0 Å². The van der Waals surface area contributed by atoms with Crippen molar-refractivity contribution in [3.05, 3.63) is 107 Å². The van der Waals surface area contributed by atoms with Gasteiger partial charge in [0.2, 0.25) is 0 Å². The van der Waals surface area contributed by atoms with Gasteiger partial charge in [-0.3, -0.25) is 4.98 Å². The van der Waals surface area contributed by atoms with Gasteiger partial charge >= 0.3 is 0 Å². The third-order valence-electron chi connectivity index (χ3n) is 6.30. The third-order valence-corrected chi connectivity index (χ3v) is 6.61. The van der Waals surface area contributed by atoms with Gasteiger partial charge in [0.15, 0.2) is 5.11 Å². The number of halogens is 1. The molecular formula is C27H25FN4OS. The summed E-state index contributed by atoms with van der Waals surface area (Å²) in [5.41, 5.74) is 5.66. The second-order valence-electron chi connectivity index (χ2n) is 8.31. The summed E-state index contributed by atoms with van der Waals surface area (Å²) in [5.74, 6) is 0.467. The summed E-state index contributed by atoms with van der Waals surface area (Å²) in [5, 5.41) is 4.09. The molecule has 1 aliphatic heterocycles. The van der Waals surface area contributed by atoms with Crippen LogP contribution < -0.4 is 15.0 Å². The number of aryl methyl sites for hydroxylation is 1. The predicted molar refractivity (Wildman–Crippen MR) is 136 cm³/mol. The van der Waals surface area contributed by atoms with Crippen molar-refractivity contribution in [1.82, 2.24) is 14.9 Å². The number of pyridine rings is 1. The van der Waals surface area contributed by atoms with E-state index in [4.69, 9.17) is 17.0 Å². The minimum absolute atomic E-state index is 0.180. The molecule has 0 saturated carbocycles. The molecule has 1 fully saturated rings. The zero-order valence-corrected chi connectivity index (χ0v) is 20.0. The molecule has 0 amide bonds. The molecule has 1 saturated heterocycles. The molecule has 4 aromatic rings. The van der Waals surface area contributed by atoms with Gasteiger partial charge in [-0.05, 0) is 80.2 Å². The van der Waals surface area contributed by atoms with Crippen LogP contribution in [0.4, 0.5) is 10.1 Å². The standard InChI is InChI=1S/C27H25FN4OS/c1-17-15-21(18(2)31(17)20-10-8-9-19(28)16-20)26-25(22-11-6-7-14-29-22)30-27(34)32(26)23-12-4-5-13-24(23)33-3/h4-16,25-26H,1-3H3,(H,30,34)/t25-,26+/m1/s1. The van der Waals surface area contributed by atoms with Crippen molar-refractivity contribution < 1.29 is 9.13 Å². The van der Waals surface area contributed by atoms with Crippen LogP contribution in [0.2, 0.25) is 0 Å². The topological polar surface area (TPSA) is 42.3 Å². The highest BCUT2D eigenvalue weighted by Crippen LogP contribution is 2.46. The highest BCUT2D eigenvalue weighted by Gasteiger charge is 2.43. The fraction of sp³-hybridized carbons (Fsp3) is 0.185. The highest BCUT2D eigenvalue weighted by molar-refractivity contribution is 7.80. The van der Waals surface area contributed by atoms with Crippen molar-refractivity contribution in [1.29, 1.82) is 0 Å². The summed E-state index contributed by atoms with van der Waals surface area (Å²) in [7, 11) is 1.66. The monoisotopic (exact) mass is 472 g/mol. The third kappa shape index (κ3) is 3.72. The summed E-state index contributed by atoms with van der Waals surface area (Å²) < 4.78 is 21.8. The predicted octanol–water partition coefficient (Wildman–Crippen LogP) is 5.81. The van der Waals surface area contributed by atoms with E-state index in [0.717, 1.165) is 39.8 Å². The van der Waals surface area contributed by atoms with Crippen LogP contribution in [-0.2, 0) is 0 Å². The van der Waals surface area contributed by atoms with Gasteiger partial charge in [0.25, 0.3) is 0 Å². The number of benzene rings is 2. The van der Waals surface area contributed by atoms with E-state index in [1.807, 2.05) is 55.5 Å². The largest absolute Gasteiger partial charge is 0.495 e. The van der Waals surface area contributed by atoms with Gasteiger partial charge in [-0.15, -0.1) is 0 Å². The molecule has 34 heavy (non-hydrogen) atoms. The molecule has 0 spiro atoms. The zero-order chi connectivity index (χ0) is 23.8. The number of hydrogen-bond acceptors (Lipinski definition) is 3. The van der Waals surface area contributed by atoms with Crippen molar-refractivity contribution in [2.24, 2.45) is 0 Å². The Morgan fingerprint density at radius 2 is 1.79 bits per heavy atom. The number of methoxy groups -OCH3 is 1. The zero-order valence-electron chi connectivity index (χ0n) is 19.2. The summed E-state index contributed by atoms with van der Waals surface area (Å²) >= 11 is 5.85. The number of rotatable bonds is 5. The second kappa shape index (κ2) is 8.91. The Morgan fingerprint density at radius 3 is 2.53 bits per heavy atom. The van der Waals surface area contributed by atoms with Crippen molar-refractivity contribution in [2.45, 2.75) is 25.9 Å². The first-order valence-electron chi connectivity index (χ1n) is 11.1. The van der Waals surface area contributed by atoms with Gasteiger partial charge in [-0.1, -0.05) is 24.3 Å². The van der Waals surface area contributed by atoms with Gasteiger partial charge in [-0.2, -0.15) is 0 Å². The van der Waals surface area contributed by atoms with E-state index < -0.39 is 0 Å². The molecule has 7 heteroatoms. The molecule has 172 valence electrons. The van der Waals surface area contributed by atoms with Crippen LogP contribution in [0.1, 0.15) is 34.7 Å². The summed E-state index contributed by atoms with van der Waals surface area (Å²) in [6, 6.07) is 22.2. The van der Waals surface area contributed by atoms with Crippen LogP contribution in [0, 0.1) is 19.7 Å². The van der Waals surface area contributed by atoms with E-state index in [-0.39, 0.29) is 17.9 Å². The normalized spacial score (nSPS) is 17.6. The van der Waals surface area contributed by atoms with Crippen molar-refractivity contribution >= 4 is 23.0 Å². The summed E-state index contributed by atoms with van der Waals surface area (Å²) in [6.07, 6.45) is 1.79. The van der Waals surface area contributed by atoms with Crippen LogP contribution >= 0.6 is 12.2 Å². The minimum Gasteiger partial charge on any atom is -0.495 e. The Balaban J connectivity index is 1.71. The molecule has 5 rings (SSSR count). The average molecular weight is 473 g/mol. The van der Waals surface area contributed by atoms with Crippen molar-refractivity contribution in [2.75, 3.05) is 12.0 Å². The van der Waals surface area contributed by atoms with Crippen LogP contribution in [-0.4, -0.2) is 21.8 Å². The maximum Gasteiger partial charge on any atom is 0.174 e. The summed E-state index contributed by atoms with van der Waals surface area (Å²) in [4.78, 5) is 6.74. The molecule has 0 aliphatic carbocycles. The van der Waals surface area contributed by atoms with Crippen LogP contribution in [0.15, 0.2) is 79.0 Å². The Kier molecular flexibility index (Phi) is 5.79. The quantitative estimate of drug-likeness (QED) is 0.371. The van der Waals surface area contributed by atoms with E-state index in [2.05, 4.69) is 32.8 Å². The fourth-order valence-electron chi connectivity index (χ4n) is 4.86. The summed E-state index contributed by atoms with van der Waals surface area (Å²) in [6.45, 7) is 4.09. The van der Waals surface area contributed by atoms with Crippen LogP contribution in [0.5, 0.6) is 5.75 Å². The molecule has 2 aromatic carbocycles. The lowest BCUT2D eigenvalue weighted by atomic mass is 9.96. The van der Waals surface area contributed by atoms with Gasteiger partial charge in [0.05, 0.1) is 30.6 Å². The lowest BCUT2D eigenvalue weighted by Crippen LogP contribution is -2.30. The minimum atomic E-state index is -0.266. The van der Waals surface area contributed by atoms with Crippen LogP contribution in [0.25, 0.3) is 5.69 Å². The van der Waals surface area contributed by atoms with Crippen molar-refractivity contribution in [3.8, 4) is 11.4 Å². The van der Waals surface area contributed by atoms with E-state index in [0.29, 0.717) is 5.11 Å². The van der Waals surface area contributed by atoms with E-state index in [1.54, 1.807) is 25.4 Å². The first kappa shape index (κ1) is 22.1. The Bertz CT molecular complexity index is 1350. The highest BCUT2D eigenvalue weighted by atomic mass is 32.1. The first-order chi connectivity index (χ1) is 16.5. The number of aromatic nitrogens is 2. The second-order valence-corrected chi connectivity index (χ2v) is 8.70. The maximum atomic E-state index is 14.1. The van der Waals surface area contributed by atoms with Gasteiger partial charge in [0, 0.05) is 23.3 Å². The number of ether oxygens (including phenoxy) is 1. The van der Waals surface area contributed by atoms with Crippen molar-refractivity contribution in [3.63, 3.8) is 0 Å². The molecule has 1 N–H and O–H groups in total. The average Bonchev–Trinajstić information content (AvgIpc) is 3.34. The van der Waals surface area contributed by atoms with Gasteiger partial charge in [0.1, 0.15) is 11.6 Å². The van der Waals surface area contributed by atoms with Crippen LogP contribution in [0.3, 0.4) is 0 Å². The SMILES string of the molecule is COc1ccccc1N1C(=S)N[C@H](c2ccccn2)[C@@H]1c1cc(C)n(-c2cccc(F)c2)c1C. The lowest BCUT2D eigenvalue weighted by Gasteiger charge is -2.29. The molecule has 0 radical (unpaired) electrons. The molecule has 2 aromatic heterocycles. The molecule has 0 unspecified atom stereocenters. The Morgan fingerprint density at radius 1 is 1.00 bits per heavy atom. The number of nitrogens with one attached hydrogen (secondary N) is 1. The number of para-hydroxylation sites is 2. The maximum absolute atomic E-state index is 14.1. The van der Waals surface area contributed by atoms with E-state index in [1.165, 1.54) is 6.07 Å². The molecule has 0 bridgehead atoms. The smallest absolute Gasteiger partial charge is 0.174 e. The van der Waals surface area contributed by atoms with Gasteiger partial charge < -0.3 is 19.5 Å². The van der Waals surface area contributed by atoms with E-state index in [9.17, 15) is 4.39 Å². The molecular weight excluding hydrogens is 447 g/mol. The molecule has 1 aliphatic rings. The fourth-order valence-corrected chi connectivity index (χ4v) is 5.20. The molecule has 2 atom stereocenters. The number of nitrogens with zero attached hydrogens (tertiary/aromatic N) is 3. The van der Waals surface area contributed by atoms with Gasteiger partial charge in [-0.25, -0.2) is 4.39 Å². The number of hydrogen-bond donors (Lipinski definition) is 1. The lowest BCUT2D eigenvalue weighted by molar-refractivity contribution is 0.414. The first-order valence-corrected chi connectivity index (χ1v) is 11.5. The number of anilines is 1. The molecule has 3 heterocycles. The molecule has 5 nitrogen and oxygen atoms in total. The Hall–Kier alpha value is -3.71. The Labute approximate surface area is 203 Å².